The zero-order valence-electron chi connectivity index (χ0n) is 7.41. The molecular weight excluding hydrogens is 172 g/mol. The average molecular weight is 184 g/mol. The summed E-state index contributed by atoms with van der Waals surface area (Å²) in [5.41, 5.74) is -0.997. The normalized spacial score (nSPS) is 32.5. The van der Waals surface area contributed by atoms with Crippen molar-refractivity contribution in [1.29, 1.82) is 5.26 Å². The summed E-state index contributed by atoms with van der Waals surface area (Å²) in [4.78, 5) is 11.3. The lowest BCUT2D eigenvalue weighted by Crippen LogP contribution is -2.48. The van der Waals surface area contributed by atoms with Crippen molar-refractivity contribution < 1.29 is 14.6 Å². The van der Waals surface area contributed by atoms with Crippen LogP contribution in [0.25, 0.3) is 0 Å². The molecule has 1 aliphatic heterocycles. The van der Waals surface area contributed by atoms with Crippen LogP contribution in [0.15, 0.2) is 0 Å². The molecule has 0 unspecified atom stereocenters. The van der Waals surface area contributed by atoms with Crippen LogP contribution in [0.1, 0.15) is 12.8 Å². The molecule has 0 aromatic heterocycles. The molecule has 0 aliphatic carbocycles. The predicted octanol–water partition coefficient (Wildman–Crippen LogP) is -0.834. The number of methoxy groups -OCH3 is 1. The molecule has 0 spiro atoms. The summed E-state index contributed by atoms with van der Waals surface area (Å²) in [6.45, 7) is 0.330. The van der Waals surface area contributed by atoms with E-state index in [4.69, 9.17) is 5.26 Å². The Kier molecular flexibility index (Phi) is 2.86. The zero-order chi connectivity index (χ0) is 9.90. The minimum atomic E-state index is -0.997. The van der Waals surface area contributed by atoms with Crippen LogP contribution >= 0.6 is 0 Å². The molecule has 5 nitrogen and oxygen atoms in total. The number of rotatable bonds is 2. The van der Waals surface area contributed by atoms with Crippen molar-refractivity contribution in [1.82, 2.24) is 5.32 Å². The smallest absolute Gasteiger partial charge is 0.327 e. The van der Waals surface area contributed by atoms with Crippen LogP contribution in [0.2, 0.25) is 0 Å². The summed E-state index contributed by atoms with van der Waals surface area (Å²) in [6.07, 6.45) is -0.309. The van der Waals surface area contributed by atoms with E-state index in [1.807, 2.05) is 6.07 Å². The van der Waals surface area contributed by atoms with Crippen molar-refractivity contribution in [2.75, 3.05) is 13.7 Å². The number of carbonyl (C=O) groups is 1. The number of nitriles is 1. The molecule has 1 fully saturated rings. The SMILES string of the molecule is COC(=O)[C@]1(CC#N)C[C@@H](O)CN1. The number of ether oxygens (including phenoxy) is 1. The van der Waals surface area contributed by atoms with Gasteiger partial charge in [-0.15, -0.1) is 0 Å². The van der Waals surface area contributed by atoms with Gasteiger partial charge in [-0.25, -0.2) is 0 Å². The molecular formula is C8H12N2O3. The van der Waals surface area contributed by atoms with E-state index in [2.05, 4.69) is 10.1 Å². The Balaban J connectivity index is 2.77. The fourth-order valence-corrected chi connectivity index (χ4v) is 1.55. The number of carbonyl (C=O) groups excluding carboxylic acids is 1. The molecule has 2 atom stereocenters. The second-order valence-corrected chi connectivity index (χ2v) is 3.15. The van der Waals surface area contributed by atoms with Gasteiger partial charge in [0, 0.05) is 13.0 Å². The number of aliphatic hydroxyl groups is 1. The Morgan fingerprint density at radius 2 is 2.62 bits per heavy atom. The van der Waals surface area contributed by atoms with Crippen molar-refractivity contribution >= 4 is 5.97 Å². The van der Waals surface area contributed by atoms with E-state index in [1.54, 1.807) is 0 Å². The van der Waals surface area contributed by atoms with Crippen LogP contribution in [0.4, 0.5) is 0 Å². The first-order valence-electron chi connectivity index (χ1n) is 4.03. The molecule has 5 heteroatoms. The predicted molar refractivity (Wildman–Crippen MR) is 43.6 cm³/mol. The van der Waals surface area contributed by atoms with Gasteiger partial charge < -0.3 is 9.84 Å². The van der Waals surface area contributed by atoms with E-state index in [0.717, 1.165) is 0 Å². The summed E-state index contributed by atoms with van der Waals surface area (Å²) in [7, 11) is 1.27. The largest absolute Gasteiger partial charge is 0.468 e. The minimum Gasteiger partial charge on any atom is -0.468 e. The fourth-order valence-electron chi connectivity index (χ4n) is 1.55. The van der Waals surface area contributed by atoms with Crippen LogP contribution in [0, 0.1) is 11.3 Å². The second kappa shape index (κ2) is 3.73. The summed E-state index contributed by atoms with van der Waals surface area (Å²) >= 11 is 0. The third kappa shape index (κ3) is 1.79. The van der Waals surface area contributed by atoms with Gasteiger partial charge in [0.15, 0.2) is 0 Å². The van der Waals surface area contributed by atoms with Gasteiger partial charge in [-0.1, -0.05) is 0 Å². The Morgan fingerprint density at radius 1 is 1.92 bits per heavy atom. The first-order chi connectivity index (χ1) is 6.14. The van der Waals surface area contributed by atoms with Gasteiger partial charge in [0.2, 0.25) is 0 Å². The highest BCUT2D eigenvalue weighted by atomic mass is 16.5. The third-order valence-electron chi connectivity index (χ3n) is 2.22. The van der Waals surface area contributed by atoms with E-state index in [1.165, 1.54) is 7.11 Å². The van der Waals surface area contributed by atoms with Gasteiger partial charge in [0.1, 0.15) is 5.54 Å². The number of hydrogen-bond acceptors (Lipinski definition) is 5. The monoisotopic (exact) mass is 184 g/mol. The number of nitrogens with one attached hydrogen (secondary N) is 1. The van der Waals surface area contributed by atoms with Crippen LogP contribution in [-0.4, -0.2) is 36.4 Å². The summed E-state index contributed by atoms with van der Waals surface area (Å²) in [5, 5.41) is 20.6. The fraction of sp³-hybridized carbons (Fsp3) is 0.750. The standard InChI is InChI=1S/C8H12N2O3/c1-13-7(12)8(2-3-9)4-6(11)5-10-8/h6,10-11H,2,4-5H2,1H3/t6-,8+/m1/s1. The molecule has 0 bridgehead atoms. The number of esters is 1. The van der Waals surface area contributed by atoms with Crippen molar-refractivity contribution in [2.45, 2.75) is 24.5 Å². The molecule has 13 heavy (non-hydrogen) atoms. The highest BCUT2D eigenvalue weighted by Crippen LogP contribution is 2.24. The van der Waals surface area contributed by atoms with Crippen molar-refractivity contribution in [3.05, 3.63) is 0 Å². The zero-order valence-corrected chi connectivity index (χ0v) is 7.41. The molecule has 1 saturated heterocycles. The molecule has 72 valence electrons. The Labute approximate surface area is 76.3 Å². The molecule has 0 saturated carbocycles. The van der Waals surface area contributed by atoms with E-state index >= 15 is 0 Å². The van der Waals surface area contributed by atoms with Gasteiger partial charge >= 0.3 is 5.97 Å². The topological polar surface area (TPSA) is 82.4 Å². The molecule has 2 N–H and O–H groups in total. The van der Waals surface area contributed by atoms with Crippen molar-refractivity contribution in [3.63, 3.8) is 0 Å². The third-order valence-corrected chi connectivity index (χ3v) is 2.22. The average Bonchev–Trinajstić information content (AvgIpc) is 2.48. The minimum absolute atomic E-state index is 0.0245. The maximum Gasteiger partial charge on any atom is 0.327 e. The van der Waals surface area contributed by atoms with Crippen LogP contribution in [0.5, 0.6) is 0 Å². The van der Waals surface area contributed by atoms with Crippen LogP contribution in [0.3, 0.4) is 0 Å². The molecule has 1 aliphatic rings. The molecule has 1 heterocycles. The van der Waals surface area contributed by atoms with E-state index < -0.39 is 17.6 Å². The summed E-state index contributed by atoms with van der Waals surface area (Å²) < 4.78 is 4.57. The molecule has 1 rings (SSSR count). The van der Waals surface area contributed by atoms with Crippen LogP contribution < -0.4 is 5.32 Å². The van der Waals surface area contributed by atoms with Gasteiger partial charge in [0.05, 0.1) is 25.7 Å². The first kappa shape index (κ1) is 9.96. The molecule has 0 aromatic carbocycles. The van der Waals surface area contributed by atoms with Crippen molar-refractivity contribution in [2.24, 2.45) is 0 Å². The number of hydrogen-bond donors (Lipinski definition) is 2. The van der Waals surface area contributed by atoms with Gasteiger partial charge in [-0.3, -0.25) is 10.1 Å². The van der Waals surface area contributed by atoms with E-state index in [0.29, 0.717) is 6.54 Å². The first-order valence-corrected chi connectivity index (χ1v) is 4.03. The lowest BCUT2D eigenvalue weighted by atomic mass is 9.93. The Morgan fingerprint density at radius 3 is 3.00 bits per heavy atom. The lowest BCUT2D eigenvalue weighted by Gasteiger charge is -2.22. The van der Waals surface area contributed by atoms with Gasteiger partial charge in [0.25, 0.3) is 0 Å². The van der Waals surface area contributed by atoms with Crippen molar-refractivity contribution in [3.8, 4) is 6.07 Å². The molecule has 0 amide bonds. The Hall–Kier alpha value is -1.12. The highest BCUT2D eigenvalue weighted by Gasteiger charge is 2.45. The number of nitrogens with zero attached hydrogens (tertiary/aromatic N) is 1. The lowest BCUT2D eigenvalue weighted by molar-refractivity contribution is -0.148. The van der Waals surface area contributed by atoms with Gasteiger partial charge in [-0.2, -0.15) is 5.26 Å². The number of β-amino-alcohol motifs (C(OH)–C–C–N with tert-alkyl or cyclic N) is 1. The second-order valence-electron chi connectivity index (χ2n) is 3.15. The van der Waals surface area contributed by atoms with E-state index in [-0.39, 0.29) is 12.8 Å². The quantitative estimate of drug-likeness (QED) is 0.547. The summed E-state index contributed by atoms with van der Waals surface area (Å²) in [6, 6.07) is 1.91. The van der Waals surface area contributed by atoms with Gasteiger partial charge in [-0.05, 0) is 0 Å². The van der Waals surface area contributed by atoms with Crippen LogP contribution in [-0.2, 0) is 9.53 Å². The summed E-state index contributed by atoms with van der Waals surface area (Å²) in [5.74, 6) is -0.481. The van der Waals surface area contributed by atoms with E-state index in [9.17, 15) is 9.90 Å². The molecule has 0 radical (unpaired) electrons. The number of aliphatic hydroxyl groups excluding tert-OH is 1. The Bertz CT molecular complexity index is 248. The maximum absolute atomic E-state index is 11.3. The molecule has 0 aromatic rings. The maximum atomic E-state index is 11.3. The highest BCUT2D eigenvalue weighted by molar-refractivity contribution is 5.81.